The summed E-state index contributed by atoms with van der Waals surface area (Å²) in [7, 11) is 0. The molecule has 18 heavy (non-hydrogen) atoms. The first kappa shape index (κ1) is 36.3. The van der Waals surface area contributed by atoms with Gasteiger partial charge in [-0.15, -0.1) is 0 Å². The zero-order valence-corrected chi connectivity index (χ0v) is 9.42. The zero-order chi connectivity index (χ0) is 14.3. The van der Waals surface area contributed by atoms with Crippen LogP contribution in [0, 0.1) is 0 Å². The Kier molecular flexibility index (Phi) is 61.5. The van der Waals surface area contributed by atoms with E-state index in [0.717, 1.165) is 27.7 Å². The van der Waals surface area contributed by atoms with Crippen molar-refractivity contribution >= 4 is 105 Å². The number of carboxylic acids is 4. The van der Waals surface area contributed by atoms with Crippen LogP contribution in [0.3, 0.4) is 0 Å². The van der Waals surface area contributed by atoms with Crippen LogP contribution in [0.4, 0.5) is 0 Å². The van der Waals surface area contributed by atoms with Gasteiger partial charge in [-0.25, -0.2) is 0 Å². The van der Waals surface area contributed by atoms with E-state index < -0.39 is 23.9 Å². The SMILES string of the molecule is CC(=O)O.CC(=O)O.CC(=O)O.CC(=O)O.[KH].[NaH]. The van der Waals surface area contributed by atoms with Crippen molar-refractivity contribution in [1.29, 1.82) is 0 Å². The van der Waals surface area contributed by atoms with Crippen molar-refractivity contribution in [2.75, 3.05) is 0 Å². The van der Waals surface area contributed by atoms with E-state index in [9.17, 15) is 0 Å². The van der Waals surface area contributed by atoms with Crippen LogP contribution >= 0.6 is 0 Å². The fourth-order valence-corrected chi connectivity index (χ4v) is 0. The van der Waals surface area contributed by atoms with Gasteiger partial charge in [-0.05, 0) is 0 Å². The summed E-state index contributed by atoms with van der Waals surface area (Å²) in [6.07, 6.45) is 0. The first-order chi connectivity index (χ1) is 6.93. The molecule has 8 nitrogen and oxygen atoms in total. The Morgan fingerprint density at radius 2 is 0.556 bits per heavy atom. The third-order valence-corrected chi connectivity index (χ3v) is 0. The van der Waals surface area contributed by atoms with E-state index in [1.807, 2.05) is 0 Å². The summed E-state index contributed by atoms with van der Waals surface area (Å²) in [5, 5.41) is 29.7. The van der Waals surface area contributed by atoms with Gasteiger partial charge in [0.25, 0.3) is 23.9 Å². The van der Waals surface area contributed by atoms with Crippen molar-refractivity contribution in [2.45, 2.75) is 27.7 Å². The van der Waals surface area contributed by atoms with Crippen LogP contribution < -0.4 is 0 Å². The first-order valence-corrected chi connectivity index (χ1v) is 3.71. The van der Waals surface area contributed by atoms with Gasteiger partial charge in [0.1, 0.15) is 0 Å². The molecule has 0 aromatic rings. The average molecular weight is 304 g/mol. The molecule has 100 valence electrons. The molecule has 10 heteroatoms. The number of carboxylic acid groups (broad SMARTS) is 4. The quantitative estimate of drug-likeness (QED) is 0.419. The van der Waals surface area contributed by atoms with Crippen LogP contribution in [0.1, 0.15) is 27.7 Å². The molecule has 0 saturated heterocycles. The molecule has 0 aliphatic carbocycles. The van der Waals surface area contributed by atoms with E-state index in [1.54, 1.807) is 0 Å². The van der Waals surface area contributed by atoms with E-state index in [1.165, 1.54) is 0 Å². The van der Waals surface area contributed by atoms with Crippen LogP contribution in [0.5, 0.6) is 0 Å². The number of aliphatic carboxylic acids is 4. The molecule has 0 unspecified atom stereocenters. The fourth-order valence-electron chi connectivity index (χ4n) is 0. The summed E-state index contributed by atoms with van der Waals surface area (Å²) in [6.45, 7) is 4.33. The Morgan fingerprint density at radius 3 is 0.556 bits per heavy atom. The van der Waals surface area contributed by atoms with Crippen LogP contribution in [0.2, 0.25) is 0 Å². The molecule has 0 fully saturated rings. The Bertz CT molecular complexity index is 167. The van der Waals surface area contributed by atoms with Crippen molar-refractivity contribution in [3.05, 3.63) is 0 Å². The van der Waals surface area contributed by atoms with Crippen molar-refractivity contribution in [3.8, 4) is 0 Å². The Balaban J connectivity index is -0.0000000257. The number of hydrogen-bond donors (Lipinski definition) is 4. The topological polar surface area (TPSA) is 149 Å². The van der Waals surface area contributed by atoms with Crippen molar-refractivity contribution < 1.29 is 39.6 Å². The van der Waals surface area contributed by atoms with E-state index in [2.05, 4.69) is 0 Å². The summed E-state index contributed by atoms with van der Waals surface area (Å²) in [5.41, 5.74) is 0. The fraction of sp³-hybridized carbons (Fsp3) is 0.500. The molecule has 0 aromatic heterocycles. The minimum atomic E-state index is -0.833. The Morgan fingerprint density at radius 1 is 0.556 bits per heavy atom. The van der Waals surface area contributed by atoms with Gasteiger partial charge >= 0.3 is 80.9 Å². The Labute approximate surface area is 169 Å². The molecule has 0 atom stereocenters. The van der Waals surface area contributed by atoms with Gasteiger partial charge in [-0.3, -0.25) is 19.2 Å². The van der Waals surface area contributed by atoms with E-state index >= 15 is 0 Å². The molecule has 0 bridgehead atoms. The zero-order valence-electron chi connectivity index (χ0n) is 9.42. The van der Waals surface area contributed by atoms with Gasteiger partial charge in [0.05, 0.1) is 0 Å². The van der Waals surface area contributed by atoms with Crippen molar-refractivity contribution in [1.82, 2.24) is 0 Å². The second-order valence-corrected chi connectivity index (χ2v) is 2.08. The van der Waals surface area contributed by atoms with Gasteiger partial charge in [0.2, 0.25) is 0 Å². The summed E-state index contributed by atoms with van der Waals surface area (Å²) >= 11 is 0. The Hall–Kier alpha value is 0.516. The molecule has 0 radical (unpaired) electrons. The molecule has 0 aromatic carbocycles. The molecule has 0 saturated carbocycles. The molecule has 0 amide bonds. The predicted molar refractivity (Wildman–Crippen MR) is 67.5 cm³/mol. The summed E-state index contributed by atoms with van der Waals surface area (Å²) in [5.74, 6) is -3.33. The van der Waals surface area contributed by atoms with Crippen LogP contribution in [-0.4, -0.2) is 125 Å². The summed E-state index contributed by atoms with van der Waals surface area (Å²) in [4.78, 5) is 36.0. The van der Waals surface area contributed by atoms with Gasteiger partial charge in [-0.2, -0.15) is 0 Å². The molecule has 0 aliphatic rings. The van der Waals surface area contributed by atoms with Crippen LogP contribution in [-0.2, 0) is 19.2 Å². The molecule has 0 rings (SSSR count). The average Bonchev–Trinajstić information content (AvgIpc) is 1.76. The summed E-state index contributed by atoms with van der Waals surface area (Å²) < 4.78 is 0. The molecular formula is C8H18KNaO8. The van der Waals surface area contributed by atoms with Crippen LogP contribution in [0.25, 0.3) is 0 Å². The standard InChI is InChI=1S/4C2H4O2.K.Na.2H/c4*1-2(3)4;;;;/h4*1H3,(H,3,4);;;;. The van der Waals surface area contributed by atoms with Crippen LogP contribution in [0.15, 0.2) is 0 Å². The third-order valence-electron chi connectivity index (χ3n) is 0. The molecule has 0 heterocycles. The minimum absolute atomic E-state index is 0. The number of hydrogen-bond acceptors (Lipinski definition) is 4. The van der Waals surface area contributed by atoms with Gasteiger partial charge in [0, 0.05) is 27.7 Å². The second-order valence-electron chi connectivity index (χ2n) is 2.08. The van der Waals surface area contributed by atoms with Gasteiger partial charge < -0.3 is 20.4 Å². The number of carbonyl (C=O) groups is 4. The van der Waals surface area contributed by atoms with E-state index in [0.29, 0.717) is 0 Å². The predicted octanol–water partition coefficient (Wildman–Crippen LogP) is -0.933. The first-order valence-electron chi connectivity index (χ1n) is 3.71. The van der Waals surface area contributed by atoms with Gasteiger partial charge in [0.15, 0.2) is 0 Å². The third kappa shape index (κ3) is 14900. The van der Waals surface area contributed by atoms with E-state index in [4.69, 9.17) is 39.6 Å². The monoisotopic (exact) mass is 304 g/mol. The maximum atomic E-state index is 9.00. The van der Waals surface area contributed by atoms with Crippen molar-refractivity contribution in [3.63, 3.8) is 0 Å². The molecule has 4 N–H and O–H groups in total. The van der Waals surface area contributed by atoms with E-state index in [-0.39, 0.29) is 80.9 Å². The van der Waals surface area contributed by atoms with Crippen molar-refractivity contribution in [2.24, 2.45) is 0 Å². The van der Waals surface area contributed by atoms with Gasteiger partial charge in [-0.1, -0.05) is 0 Å². The number of rotatable bonds is 0. The summed E-state index contributed by atoms with van der Waals surface area (Å²) in [6, 6.07) is 0. The maximum absolute atomic E-state index is 9.00. The normalized spacial score (nSPS) is 5.56. The molecule has 0 spiro atoms. The molecule has 0 aliphatic heterocycles. The molecular weight excluding hydrogens is 286 g/mol. The second kappa shape index (κ2) is 30.5.